The summed E-state index contributed by atoms with van der Waals surface area (Å²) >= 11 is 0. The minimum absolute atomic E-state index is 0.308. The summed E-state index contributed by atoms with van der Waals surface area (Å²) in [7, 11) is 3.74. The molecule has 0 bridgehead atoms. The van der Waals surface area contributed by atoms with Crippen molar-refractivity contribution in [1.82, 2.24) is 14.8 Å². The Morgan fingerprint density at radius 2 is 2.00 bits per heavy atom. The van der Waals surface area contributed by atoms with Crippen LogP contribution < -0.4 is 0 Å². The summed E-state index contributed by atoms with van der Waals surface area (Å²) in [4.78, 5) is 30.4. The lowest BCUT2D eigenvalue weighted by Gasteiger charge is -2.22. The van der Waals surface area contributed by atoms with Crippen LogP contribution in [0.2, 0.25) is 0 Å². The zero-order valence-electron chi connectivity index (χ0n) is 11.5. The summed E-state index contributed by atoms with van der Waals surface area (Å²) in [5.74, 6) is -1.37. The Labute approximate surface area is 112 Å². The molecule has 1 N–H and O–H groups in total. The van der Waals surface area contributed by atoms with Crippen molar-refractivity contribution >= 4 is 11.9 Å². The van der Waals surface area contributed by atoms with Gasteiger partial charge in [-0.1, -0.05) is 6.07 Å². The second kappa shape index (κ2) is 6.84. The molecule has 0 fully saturated rings. The molecule has 6 nitrogen and oxygen atoms in total. The highest BCUT2D eigenvalue weighted by molar-refractivity contribution is 5.95. The topological polar surface area (TPSA) is 73.7 Å². The summed E-state index contributed by atoms with van der Waals surface area (Å²) in [6.45, 7) is 2.42. The van der Waals surface area contributed by atoms with Crippen LogP contribution in [-0.4, -0.2) is 65.5 Å². The SMILES string of the molecule is Cc1cccnc1C(=O)N(CCN(C)C)CC(=O)O. The van der Waals surface area contributed by atoms with Gasteiger partial charge in [-0.15, -0.1) is 0 Å². The van der Waals surface area contributed by atoms with Gasteiger partial charge in [-0.3, -0.25) is 14.6 Å². The molecule has 6 heteroatoms. The molecular formula is C13H19N3O3. The van der Waals surface area contributed by atoms with Crippen molar-refractivity contribution in [3.63, 3.8) is 0 Å². The highest BCUT2D eigenvalue weighted by Gasteiger charge is 2.20. The van der Waals surface area contributed by atoms with Gasteiger partial charge in [-0.25, -0.2) is 0 Å². The molecule has 0 atom stereocenters. The average molecular weight is 265 g/mol. The van der Waals surface area contributed by atoms with E-state index in [1.807, 2.05) is 19.0 Å². The summed E-state index contributed by atoms with van der Waals surface area (Å²) in [6, 6.07) is 3.53. The Hall–Kier alpha value is -1.95. The number of nitrogens with zero attached hydrogens (tertiary/aromatic N) is 3. The molecule has 0 saturated heterocycles. The molecule has 0 aromatic carbocycles. The summed E-state index contributed by atoms with van der Waals surface area (Å²) < 4.78 is 0. The Morgan fingerprint density at radius 3 is 2.53 bits per heavy atom. The first kappa shape index (κ1) is 15.1. The van der Waals surface area contributed by atoms with Crippen LogP contribution in [0.5, 0.6) is 0 Å². The standard InChI is InChI=1S/C13H19N3O3/c1-10-5-4-6-14-12(10)13(19)16(9-11(17)18)8-7-15(2)3/h4-6H,7-9H2,1-3H3,(H,17,18). The molecule has 0 aliphatic heterocycles. The van der Waals surface area contributed by atoms with Crippen LogP contribution in [0, 0.1) is 6.92 Å². The Kier molecular flexibility index (Phi) is 5.44. The van der Waals surface area contributed by atoms with E-state index in [0.29, 0.717) is 18.8 Å². The van der Waals surface area contributed by atoms with Gasteiger partial charge in [0.25, 0.3) is 5.91 Å². The molecule has 0 aliphatic rings. The van der Waals surface area contributed by atoms with Crippen LogP contribution in [-0.2, 0) is 4.79 Å². The lowest BCUT2D eigenvalue weighted by molar-refractivity contribution is -0.137. The van der Waals surface area contributed by atoms with E-state index in [-0.39, 0.29) is 12.5 Å². The van der Waals surface area contributed by atoms with Gasteiger partial charge < -0.3 is 14.9 Å². The number of likely N-dealkylation sites (N-methyl/N-ethyl adjacent to an activating group) is 1. The van der Waals surface area contributed by atoms with E-state index in [9.17, 15) is 9.59 Å². The zero-order chi connectivity index (χ0) is 14.4. The molecule has 0 unspecified atom stereocenters. The molecule has 1 heterocycles. The fourth-order valence-electron chi connectivity index (χ4n) is 1.60. The molecule has 0 spiro atoms. The maximum absolute atomic E-state index is 12.3. The third-order valence-electron chi connectivity index (χ3n) is 2.64. The minimum Gasteiger partial charge on any atom is -0.480 e. The predicted octanol–water partition coefficient (Wildman–Crippen LogP) is 0.478. The number of aromatic nitrogens is 1. The molecule has 1 amide bonds. The second-order valence-electron chi connectivity index (χ2n) is 4.59. The first-order valence-electron chi connectivity index (χ1n) is 5.99. The van der Waals surface area contributed by atoms with E-state index in [1.54, 1.807) is 19.1 Å². The van der Waals surface area contributed by atoms with Crippen molar-refractivity contribution in [3.8, 4) is 0 Å². The van der Waals surface area contributed by atoms with Gasteiger partial charge in [0, 0.05) is 19.3 Å². The van der Waals surface area contributed by atoms with Gasteiger partial charge in [0.2, 0.25) is 0 Å². The minimum atomic E-state index is -1.03. The van der Waals surface area contributed by atoms with Gasteiger partial charge >= 0.3 is 5.97 Å². The smallest absolute Gasteiger partial charge is 0.323 e. The van der Waals surface area contributed by atoms with Crippen molar-refractivity contribution in [2.75, 3.05) is 33.7 Å². The van der Waals surface area contributed by atoms with Gasteiger partial charge in [0.15, 0.2) is 0 Å². The molecule has 1 aromatic rings. The normalized spacial score (nSPS) is 10.5. The first-order valence-corrected chi connectivity index (χ1v) is 5.99. The van der Waals surface area contributed by atoms with E-state index in [0.717, 1.165) is 5.56 Å². The molecule has 1 aromatic heterocycles. The molecule has 19 heavy (non-hydrogen) atoms. The van der Waals surface area contributed by atoms with E-state index in [1.165, 1.54) is 11.1 Å². The molecule has 1 rings (SSSR count). The van der Waals surface area contributed by atoms with Gasteiger partial charge in [-0.05, 0) is 32.6 Å². The number of aryl methyl sites for hydroxylation is 1. The van der Waals surface area contributed by atoms with Crippen molar-refractivity contribution in [2.24, 2.45) is 0 Å². The van der Waals surface area contributed by atoms with Crippen molar-refractivity contribution in [1.29, 1.82) is 0 Å². The van der Waals surface area contributed by atoms with Crippen molar-refractivity contribution in [3.05, 3.63) is 29.6 Å². The summed E-state index contributed by atoms with van der Waals surface area (Å²) in [5, 5.41) is 8.89. The molecular weight excluding hydrogens is 246 g/mol. The largest absolute Gasteiger partial charge is 0.480 e. The second-order valence-corrected chi connectivity index (χ2v) is 4.59. The number of carbonyl (C=O) groups excluding carboxylic acids is 1. The maximum atomic E-state index is 12.3. The number of rotatable bonds is 6. The number of carbonyl (C=O) groups is 2. The van der Waals surface area contributed by atoms with E-state index < -0.39 is 5.97 Å². The van der Waals surface area contributed by atoms with Gasteiger partial charge in [0.1, 0.15) is 12.2 Å². The van der Waals surface area contributed by atoms with Crippen molar-refractivity contribution in [2.45, 2.75) is 6.92 Å². The van der Waals surface area contributed by atoms with E-state index in [4.69, 9.17) is 5.11 Å². The quantitative estimate of drug-likeness (QED) is 0.809. The number of carboxylic acids is 1. The van der Waals surface area contributed by atoms with E-state index >= 15 is 0 Å². The van der Waals surface area contributed by atoms with Crippen LogP contribution in [0.4, 0.5) is 0 Å². The first-order chi connectivity index (χ1) is 8.91. The maximum Gasteiger partial charge on any atom is 0.323 e. The highest BCUT2D eigenvalue weighted by Crippen LogP contribution is 2.07. The predicted molar refractivity (Wildman–Crippen MR) is 71.1 cm³/mol. The van der Waals surface area contributed by atoms with E-state index in [2.05, 4.69) is 4.98 Å². The van der Waals surface area contributed by atoms with Crippen LogP contribution in [0.3, 0.4) is 0 Å². The highest BCUT2D eigenvalue weighted by atomic mass is 16.4. The molecule has 0 saturated carbocycles. The molecule has 104 valence electrons. The number of pyridine rings is 1. The summed E-state index contributed by atoms with van der Waals surface area (Å²) in [5.41, 5.74) is 1.05. The van der Waals surface area contributed by atoms with Crippen LogP contribution in [0.15, 0.2) is 18.3 Å². The summed E-state index contributed by atoms with van der Waals surface area (Å²) in [6.07, 6.45) is 1.53. The van der Waals surface area contributed by atoms with Crippen LogP contribution >= 0.6 is 0 Å². The van der Waals surface area contributed by atoms with Gasteiger partial charge in [-0.2, -0.15) is 0 Å². The third kappa shape index (κ3) is 4.67. The molecule has 0 radical (unpaired) electrons. The fourth-order valence-corrected chi connectivity index (χ4v) is 1.60. The number of amides is 1. The average Bonchev–Trinajstić information content (AvgIpc) is 2.33. The molecule has 0 aliphatic carbocycles. The Balaban J connectivity index is 2.87. The number of hydrogen-bond donors (Lipinski definition) is 1. The monoisotopic (exact) mass is 265 g/mol. The lowest BCUT2D eigenvalue weighted by Crippen LogP contribution is -2.40. The lowest BCUT2D eigenvalue weighted by atomic mass is 10.2. The third-order valence-corrected chi connectivity index (χ3v) is 2.64. The fraction of sp³-hybridized carbons (Fsp3) is 0.462. The van der Waals surface area contributed by atoms with Crippen LogP contribution in [0.25, 0.3) is 0 Å². The van der Waals surface area contributed by atoms with Crippen molar-refractivity contribution < 1.29 is 14.7 Å². The zero-order valence-corrected chi connectivity index (χ0v) is 11.5. The van der Waals surface area contributed by atoms with Gasteiger partial charge in [0.05, 0.1) is 0 Å². The van der Waals surface area contributed by atoms with Crippen LogP contribution in [0.1, 0.15) is 16.1 Å². The number of hydrogen-bond acceptors (Lipinski definition) is 4. The Morgan fingerprint density at radius 1 is 1.32 bits per heavy atom. The number of aliphatic carboxylic acids is 1. The Bertz CT molecular complexity index is 460. The number of carboxylic acid groups (broad SMARTS) is 1.